The molecule has 0 radical (unpaired) electrons. The Morgan fingerprint density at radius 1 is 1.30 bits per heavy atom. The fraction of sp³-hybridized carbons (Fsp3) is 0.167. The molecule has 3 N–H and O–H groups in total. The third kappa shape index (κ3) is 4.69. The molecule has 2 heterocycles. The van der Waals surface area contributed by atoms with Gasteiger partial charge >= 0.3 is 0 Å². The number of nitrogens with zero attached hydrogens (tertiary/aromatic N) is 1. The summed E-state index contributed by atoms with van der Waals surface area (Å²) in [5.41, 5.74) is 0.762. The zero-order chi connectivity index (χ0) is 19.4. The molecule has 1 aromatic heterocycles. The maximum Gasteiger partial charge on any atom is 0.266 e. The third-order valence-electron chi connectivity index (χ3n) is 3.77. The van der Waals surface area contributed by atoms with Gasteiger partial charge in [-0.2, -0.15) is 0 Å². The Hall–Kier alpha value is -2.78. The van der Waals surface area contributed by atoms with Crippen LogP contribution in [0.1, 0.15) is 11.3 Å². The summed E-state index contributed by atoms with van der Waals surface area (Å²) in [6.07, 6.45) is 3.57. The first-order chi connectivity index (χ1) is 12.9. The predicted octanol–water partition coefficient (Wildman–Crippen LogP) is 2.25. The molecule has 0 saturated carbocycles. The number of carbonyl (C=O) groups is 2. The van der Waals surface area contributed by atoms with Crippen LogP contribution in [0.3, 0.4) is 0 Å². The van der Waals surface area contributed by atoms with Gasteiger partial charge in [-0.05, 0) is 36.2 Å². The van der Waals surface area contributed by atoms with Gasteiger partial charge in [0.2, 0.25) is 5.91 Å². The van der Waals surface area contributed by atoms with Crippen LogP contribution >= 0.6 is 24.0 Å². The van der Waals surface area contributed by atoms with Crippen LogP contribution in [-0.2, 0) is 16.0 Å². The molecule has 2 aromatic rings. The van der Waals surface area contributed by atoms with Gasteiger partial charge in [-0.15, -0.1) is 0 Å². The van der Waals surface area contributed by atoms with Crippen molar-refractivity contribution in [3.8, 4) is 11.5 Å². The summed E-state index contributed by atoms with van der Waals surface area (Å²) in [5, 5.41) is 21.5. The average Bonchev–Trinajstić information content (AvgIpc) is 3.22. The molecule has 140 valence electrons. The predicted molar refractivity (Wildman–Crippen MR) is 105 cm³/mol. The van der Waals surface area contributed by atoms with Crippen LogP contribution in [0.25, 0.3) is 6.08 Å². The van der Waals surface area contributed by atoms with Gasteiger partial charge in [0.05, 0.1) is 11.2 Å². The van der Waals surface area contributed by atoms with E-state index >= 15 is 0 Å². The van der Waals surface area contributed by atoms with Gasteiger partial charge in [-0.1, -0.05) is 30.0 Å². The van der Waals surface area contributed by atoms with Crippen LogP contribution < -0.4 is 5.32 Å². The van der Waals surface area contributed by atoms with E-state index in [2.05, 4.69) is 5.32 Å². The largest absolute Gasteiger partial charge is 0.504 e. The minimum Gasteiger partial charge on any atom is -0.504 e. The van der Waals surface area contributed by atoms with Crippen molar-refractivity contribution in [2.45, 2.75) is 6.42 Å². The second-order valence-electron chi connectivity index (χ2n) is 5.71. The number of carbonyl (C=O) groups excluding carboxylic acids is 2. The molecule has 1 aliphatic heterocycles. The quantitative estimate of drug-likeness (QED) is 0.385. The summed E-state index contributed by atoms with van der Waals surface area (Å²) in [7, 11) is 0. The smallest absolute Gasteiger partial charge is 0.266 e. The second-order valence-corrected chi connectivity index (χ2v) is 7.38. The van der Waals surface area contributed by atoms with Crippen molar-refractivity contribution in [3.05, 3.63) is 52.8 Å². The van der Waals surface area contributed by atoms with E-state index in [4.69, 9.17) is 16.6 Å². The summed E-state index contributed by atoms with van der Waals surface area (Å²) in [6, 6.07) is 7.91. The van der Waals surface area contributed by atoms with Crippen LogP contribution in [0.15, 0.2) is 45.9 Å². The molecular weight excluding hydrogens is 388 g/mol. The summed E-state index contributed by atoms with van der Waals surface area (Å²) >= 11 is 6.31. The first-order valence-corrected chi connectivity index (χ1v) is 9.23. The number of nitrogens with one attached hydrogen (secondary N) is 1. The van der Waals surface area contributed by atoms with E-state index in [9.17, 15) is 19.8 Å². The molecule has 1 aliphatic rings. The number of amides is 2. The Labute approximate surface area is 164 Å². The number of rotatable bonds is 6. The molecule has 7 nitrogen and oxygen atoms in total. The molecule has 2 amide bonds. The van der Waals surface area contributed by atoms with Crippen molar-refractivity contribution in [2.24, 2.45) is 0 Å². The average molecular weight is 404 g/mol. The monoisotopic (exact) mass is 404 g/mol. The van der Waals surface area contributed by atoms with Crippen LogP contribution in [0.2, 0.25) is 0 Å². The lowest BCUT2D eigenvalue weighted by Crippen LogP contribution is -2.40. The molecule has 0 unspecified atom stereocenters. The van der Waals surface area contributed by atoms with E-state index in [1.54, 1.807) is 24.3 Å². The zero-order valence-electron chi connectivity index (χ0n) is 14.0. The van der Waals surface area contributed by atoms with Crippen molar-refractivity contribution in [2.75, 3.05) is 13.1 Å². The van der Waals surface area contributed by atoms with Crippen molar-refractivity contribution in [3.63, 3.8) is 0 Å². The van der Waals surface area contributed by atoms with Crippen LogP contribution in [-0.4, -0.2) is 44.3 Å². The number of furan rings is 1. The Morgan fingerprint density at radius 2 is 2.11 bits per heavy atom. The third-order valence-corrected chi connectivity index (χ3v) is 5.15. The standard InChI is InChI=1S/C18H16N2O5S2/c21-13-4-3-11(8-14(13)22)5-6-19-16(23)10-20-17(24)15(27-18(20)26)9-12-2-1-7-25-12/h1-4,7-9,21-22H,5-6,10H2,(H,19,23). The van der Waals surface area contributed by atoms with E-state index in [-0.39, 0.29) is 29.9 Å². The van der Waals surface area contributed by atoms with E-state index < -0.39 is 0 Å². The van der Waals surface area contributed by atoms with E-state index in [1.165, 1.54) is 23.3 Å². The van der Waals surface area contributed by atoms with E-state index in [1.807, 2.05) is 0 Å². The molecule has 1 saturated heterocycles. The number of aromatic hydroxyl groups is 2. The fourth-order valence-corrected chi connectivity index (χ4v) is 3.64. The van der Waals surface area contributed by atoms with E-state index in [0.717, 1.165) is 17.3 Å². The van der Waals surface area contributed by atoms with E-state index in [0.29, 0.717) is 28.0 Å². The Morgan fingerprint density at radius 3 is 2.81 bits per heavy atom. The highest BCUT2D eigenvalue weighted by Crippen LogP contribution is 2.32. The number of benzene rings is 1. The minimum absolute atomic E-state index is 0.166. The Kier molecular flexibility index (Phi) is 5.82. The van der Waals surface area contributed by atoms with Gasteiger partial charge < -0.3 is 19.9 Å². The molecule has 27 heavy (non-hydrogen) atoms. The fourth-order valence-electron chi connectivity index (χ4n) is 2.41. The van der Waals surface area contributed by atoms with Crippen LogP contribution in [0.4, 0.5) is 0 Å². The summed E-state index contributed by atoms with van der Waals surface area (Å²) < 4.78 is 5.51. The molecule has 1 aromatic carbocycles. The van der Waals surface area contributed by atoms with Crippen molar-refractivity contribution in [1.29, 1.82) is 0 Å². The molecule has 0 spiro atoms. The van der Waals surface area contributed by atoms with Gasteiger partial charge in [0.25, 0.3) is 5.91 Å². The summed E-state index contributed by atoms with van der Waals surface area (Å²) in [4.78, 5) is 26.2. The van der Waals surface area contributed by atoms with Gasteiger partial charge in [-0.3, -0.25) is 14.5 Å². The van der Waals surface area contributed by atoms with Gasteiger partial charge in [-0.25, -0.2) is 0 Å². The highest BCUT2D eigenvalue weighted by molar-refractivity contribution is 8.26. The lowest BCUT2D eigenvalue weighted by Gasteiger charge is -2.14. The van der Waals surface area contributed by atoms with Gasteiger partial charge in [0, 0.05) is 12.6 Å². The first-order valence-electron chi connectivity index (χ1n) is 8.00. The molecule has 9 heteroatoms. The zero-order valence-corrected chi connectivity index (χ0v) is 15.7. The van der Waals surface area contributed by atoms with Gasteiger partial charge in [0.15, 0.2) is 11.5 Å². The maximum absolute atomic E-state index is 12.4. The van der Waals surface area contributed by atoms with Gasteiger partial charge in [0.1, 0.15) is 16.6 Å². The SMILES string of the molecule is O=C(CN1C(=O)C(=Cc2ccco2)SC1=S)NCCc1ccc(O)c(O)c1. The number of hydrogen-bond donors (Lipinski definition) is 3. The number of thiocarbonyl (C=S) groups is 1. The molecule has 3 rings (SSSR count). The van der Waals surface area contributed by atoms with Crippen molar-refractivity contribution >= 4 is 46.2 Å². The number of phenolic OH excluding ortho intramolecular Hbond substituents is 2. The molecular formula is C18H16N2O5S2. The number of phenols is 2. The Balaban J connectivity index is 1.52. The van der Waals surface area contributed by atoms with Crippen LogP contribution in [0.5, 0.6) is 11.5 Å². The topological polar surface area (TPSA) is 103 Å². The number of hydrogen-bond acceptors (Lipinski definition) is 7. The minimum atomic E-state index is -0.339. The second kappa shape index (κ2) is 8.28. The van der Waals surface area contributed by atoms with Crippen molar-refractivity contribution in [1.82, 2.24) is 10.2 Å². The molecule has 0 aliphatic carbocycles. The maximum atomic E-state index is 12.4. The summed E-state index contributed by atoms with van der Waals surface area (Å²) in [5.74, 6) is -0.537. The van der Waals surface area contributed by atoms with Crippen LogP contribution in [0, 0.1) is 0 Å². The lowest BCUT2D eigenvalue weighted by molar-refractivity contribution is -0.128. The normalized spacial score (nSPS) is 15.6. The molecule has 1 fully saturated rings. The summed E-state index contributed by atoms with van der Waals surface area (Å²) in [6.45, 7) is 0.154. The lowest BCUT2D eigenvalue weighted by atomic mass is 10.1. The number of thioether (sulfide) groups is 1. The highest BCUT2D eigenvalue weighted by Gasteiger charge is 2.33. The Bertz CT molecular complexity index is 908. The molecule has 0 bridgehead atoms. The highest BCUT2D eigenvalue weighted by atomic mass is 32.2. The first kappa shape index (κ1) is 19.0. The molecule has 0 atom stereocenters. The van der Waals surface area contributed by atoms with Crippen molar-refractivity contribution < 1.29 is 24.2 Å².